The SMILES string of the molecule is Cc1cc2cc(n1)-c1cnn(C)c1OCCC[C@@H](C)Cn1c(nc3ccc(C(=O)N[C@H]4CCN(CCc5cc(F)c([C@H]6CCC(=O)NC6=O)c(F)c5)C[C@H]4F)cc31)NC2=O. The Labute approximate surface area is 343 Å². The molecule has 3 aromatic heterocycles. The zero-order chi connectivity index (χ0) is 42.2. The number of piperidine rings is 2. The monoisotopic (exact) mass is 825 g/mol. The fourth-order valence-corrected chi connectivity index (χ4v) is 8.39. The Morgan fingerprint density at radius 2 is 1.80 bits per heavy atom. The van der Waals surface area contributed by atoms with Crippen molar-refractivity contribution in [3.8, 4) is 17.1 Å². The van der Waals surface area contributed by atoms with E-state index in [1.165, 1.54) is 12.1 Å². The summed E-state index contributed by atoms with van der Waals surface area (Å²) in [5.41, 5.74) is 3.79. The highest BCUT2D eigenvalue weighted by atomic mass is 19.1. The highest BCUT2D eigenvalue weighted by molar-refractivity contribution is 6.05. The molecule has 0 spiro atoms. The van der Waals surface area contributed by atoms with Crippen LogP contribution in [0.5, 0.6) is 5.88 Å². The van der Waals surface area contributed by atoms with Crippen LogP contribution in [0.25, 0.3) is 22.3 Å². The maximum absolute atomic E-state index is 15.6. The van der Waals surface area contributed by atoms with Crippen LogP contribution in [0.15, 0.2) is 48.7 Å². The van der Waals surface area contributed by atoms with Crippen LogP contribution in [0.4, 0.5) is 19.1 Å². The second-order valence-corrected chi connectivity index (χ2v) is 16.1. The van der Waals surface area contributed by atoms with Gasteiger partial charge in [-0.3, -0.25) is 39.7 Å². The first-order valence-electron chi connectivity index (χ1n) is 20.3. The highest BCUT2D eigenvalue weighted by Crippen LogP contribution is 2.32. The number of carbonyl (C=O) groups excluding carboxylic acids is 4. The van der Waals surface area contributed by atoms with Gasteiger partial charge in [-0.25, -0.2) is 22.8 Å². The van der Waals surface area contributed by atoms with Gasteiger partial charge in [-0.2, -0.15) is 5.10 Å². The Morgan fingerprint density at radius 1 is 1.00 bits per heavy atom. The molecule has 3 aliphatic rings. The van der Waals surface area contributed by atoms with Crippen molar-refractivity contribution >= 4 is 40.6 Å². The standard InChI is InChI=1S/C43H46F3N9O5/c1-23-5-4-14-60-42-29(20-47-53(42)3)35-18-27(15-24(2)48-35)40(58)52-43-50-34-8-6-26(19-36(34)55(43)21-23)39(57)49-33-11-13-54(22-32(33)46)12-10-25-16-30(44)38(31(45)17-25)28-7-9-37(56)51-41(28)59/h6,8,15-20,23,28,32-33H,4-5,7,9-14,21-22H2,1-3H3,(H,49,57)(H,50,52,58)(H,51,56,59)/t23-,28-,32-,33+/m1/s1. The summed E-state index contributed by atoms with van der Waals surface area (Å²) in [5, 5.41) is 12.3. The lowest BCUT2D eigenvalue weighted by molar-refractivity contribution is -0.134. The summed E-state index contributed by atoms with van der Waals surface area (Å²) >= 11 is 0. The van der Waals surface area contributed by atoms with E-state index in [-0.39, 0.29) is 43.2 Å². The quantitative estimate of drug-likeness (QED) is 0.191. The molecule has 4 atom stereocenters. The highest BCUT2D eigenvalue weighted by Gasteiger charge is 2.34. The molecule has 0 unspecified atom stereocenters. The Balaban J connectivity index is 0.939. The summed E-state index contributed by atoms with van der Waals surface area (Å²) in [4.78, 5) is 62.4. The number of rotatable bonds is 6. The third-order valence-electron chi connectivity index (χ3n) is 11.6. The van der Waals surface area contributed by atoms with Crippen molar-refractivity contribution in [2.24, 2.45) is 13.0 Å². The molecular weight excluding hydrogens is 780 g/mol. The molecule has 14 nitrogen and oxygen atoms in total. The van der Waals surface area contributed by atoms with E-state index in [0.717, 1.165) is 12.8 Å². The first kappa shape index (κ1) is 40.7. The zero-order valence-electron chi connectivity index (χ0n) is 33.6. The van der Waals surface area contributed by atoms with Crippen LogP contribution in [0.1, 0.15) is 82.5 Å². The zero-order valence-corrected chi connectivity index (χ0v) is 33.6. The van der Waals surface area contributed by atoms with Gasteiger partial charge in [0, 0.05) is 62.0 Å². The number of benzene rings is 2. The number of imide groups is 1. The molecule has 60 heavy (non-hydrogen) atoms. The van der Waals surface area contributed by atoms with E-state index < -0.39 is 47.5 Å². The third kappa shape index (κ3) is 8.48. The van der Waals surface area contributed by atoms with Gasteiger partial charge in [-0.15, -0.1) is 0 Å². The fraction of sp³-hybridized carbons (Fsp3) is 0.419. The molecule has 2 aromatic carbocycles. The van der Waals surface area contributed by atoms with E-state index in [0.29, 0.717) is 89.2 Å². The molecule has 6 heterocycles. The molecule has 4 amide bonds. The fourth-order valence-electron chi connectivity index (χ4n) is 8.39. The summed E-state index contributed by atoms with van der Waals surface area (Å²) in [5.74, 6) is -3.79. The predicted octanol–water partition coefficient (Wildman–Crippen LogP) is 5.38. The van der Waals surface area contributed by atoms with Gasteiger partial charge in [-0.05, 0) is 93.0 Å². The van der Waals surface area contributed by atoms with Gasteiger partial charge in [0.25, 0.3) is 11.8 Å². The van der Waals surface area contributed by atoms with Crippen LogP contribution in [-0.2, 0) is 29.6 Å². The number of nitrogens with one attached hydrogen (secondary N) is 3. The van der Waals surface area contributed by atoms with Crippen molar-refractivity contribution < 1.29 is 37.1 Å². The molecular formula is C43H46F3N9O5. The van der Waals surface area contributed by atoms with Crippen molar-refractivity contribution in [2.75, 3.05) is 31.6 Å². The van der Waals surface area contributed by atoms with Crippen molar-refractivity contribution in [3.63, 3.8) is 0 Å². The number of amides is 4. The Kier molecular flexibility index (Phi) is 11.4. The minimum atomic E-state index is -1.40. The second kappa shape index (κ2) is 16.9. The number of hydrogen-bond donors (Lipinski definition) is 3. The van der Waals surface area contributed by atoms with Gasteiger partial charge >= 0.3 is 0 Å². The summed E-state index contributed by atoms with van der Waals surface area (Å²) < 4.78 is 55.5. The molecule has 8 rings (SSSR count). The van der Waals surface area contributed by atoms with Crippen LogP contribution < -0.4 is 20.7 Å². The molecule has 3 N–H and O–H groups in total. The van der Waals surface area contributed by atoms with Crippen LogP contribution in [0, 0.1) is 24.5 Å². The average molecular weight is 826 g/mol. The van der Waals surface area contributed by atoms with Crippen molar-refractivity contribution in [3.05, 3.63) is 88.2 Å². The number of halogens is 3. The number of nitrogens with zero attached hydrogens (tertiary/aromatic N) is 6. The number of alkyl halides is 1. The summed E-state index contributed by atoms with van der Waals surface area (Å²) in [7, 11) is 1.80. The van der Waals surface area contributed by atoms with Gasteiger partial charge in [0.15, 0.2) is 0 Å². The number of anilines is 1. The number of pyridine rings is 1. The molecule has 3 aliphatic heterocycles. The Morgan fingerprint density at radius 3 is 2.57 bits per heavy atom. The molecule has 2 bridgehead atoms. The minimum absolute atomic E-state index is 0.000522. The summed E-state index contributed by atoms with van der Waals surface area (Å²) in [6.07, 6.45) is 2.41. The van der Waals surface area contributed by atoms with Crippen LogP contribution in [0.3, 0.4) is 0 Å². The number of hydrogen-bond acceptors (Lipinski definition) is 9. The molecule has 2 saturated heterocycles. The molecule has 0 saturated carbocycles. The molecule has 0 aliphatic carbocycles. The van der Waals surface area contributed by atoms with Gasteiger partial charge in [0.2, 0.25) is 23.6 Å². The van der Waals surface area contributed by atoms with Gasteiger partial charge in [0.1, 0.15) is 17.8 Å². The van der Waals surface area contributed by atoms with E-state index in [1.807, 2.05) is 16.4 Å². The van der Waals surface area contributed by atoms with E-state index in [9.17, 15) is 19.2 Å². The normalized spacial score (nSPS) is 21.5. The number of fused-ring (bicyclic) bond motifs is 7. The van der Waals surface area contributed by atoms with Crippen LogP contribution in [-0.4, -0.2) is 91.3 Å². The van der Waals surface area contributed by atoms with Crippen LogP contribution in [0.2, 0.25) is 0 Å². The van der Waals surface area contributed by atoms with E-state index in [2.05, 4.69) is 33.0 Å². The lowest BCUT2D eigenvalue weighted by atomic mass is 9.89. The number of ether oxygens (including phenoxy) is 1. The first-order chi connectivity index (χ1) is 28.8. The van der Waals surface area contributed by atoms with Gasteiger partial charge in [0.05, 0.1) is 47.1 Å². The van der Waals surface area contributed by atoms with E-state index >= 15 is 13.2 Å². The maximum Gasteiger partial charge on any atom is 0.258 e. The van der Waals surface area contributed by atoms with E-state index in [4.69, 9.17) is 9.72 Å². The Hall–Kier alpha value is -6.10. The van der Waals surface area contributed by atoms with E-state index in [1.54, 1.807) is 48.3 Å². The minimum Gasteiger partial charge on any atom is -0.477 e. The smallest absolute Gasteiger partial charge is 0.258 e. The predicted molar refractivity (Wildman–Crippen MR) is 215 cm³/mol. The van der Waals surface area contributed by atoms with Gasteiger partial charge < -0.3 is 14.6 Å². The van der Waals surface area contributed by atoms with Crippen molar-refractivity contribution in [1.82, 2.24) is 39.8 Å². The molecule has 0 radical (unpaired) electrons. The number of imidazole rings is 1. The largest absolute Gasteiger partial charge is 0.477 e. The molecule has 314 valence electrons. The second-order valence-electron chi connectivity index (χ2n) is 16.1. The number of carbonyl (C=O) groups is 4. The topological polar surface area (TPSA) is 165 Å². The molecule has 5 aromatic rings. The summed E-state index contributed by atoms with van der Waals surface area (Å²) in [6, 6.07) is 10.1. The first-order valence-corrected chi connectivity index (χ1v) is 20.3. The maximum atomic E-state index is 15.6. The van der Waals surface area contributed by atoms with Gasteiger partial charge in [-0.1, -0.05) is 6.92 Å². The lowest BCUT2D eigenvalue weighted by Gasteiger charge is -2.35. The van der Waals surface area contributed by atoms with Crippen molar-refractivity contribution in [2.45, 2.75) is 77.0 Å². The molecule has 17 heteroatoms. The average Bonchev–Trinajstić information content (AvgIpc) is 3.74. The number of aromatic nitrogens is 5. The number of aryl methyl sites for hydroxylation is 2. The Bertz CT molecular complexity index is 2480. The molecule has 2 fully saturated rings. The van der Waals surface area contributed by atoms with Crippen molar-refractivity contribution in [1.29, 1.82) is 0 Å². The summed E-state index contributed by atoms with van der Waals surface area (Å²) in [6.45, 7) is 5.64. The van der Waals surface area contributed by atoms with Crippen LogP contribution >= 0.6 is 0 Å². The lowest BCUT2D eigenvalue weighted by Crippen LogP contribution is -2.52. The number of likely N-dealkylation sites (tertiary alicyclic amines) is 1. The third-order valence-corrected chi connectivity index (χ3v) is 11.6.